The van der Waals surface area contributed by atoms with E-state index in [1.807, 2.05) is 23.9 Å². The van der Waals surface area contributed by atoms with Crippen LogP contribution in [0.4, 0.5) is 11.5 Å². The summed E-state index contributed by atoms with van der Waals surface area (Å²) >= 11 is 2.00. The van der Waals surface area contributed by atoms with Crippen LogP contribution in [0, 0.1) is 0 Å². The van der Waals surface area contributed by atoms with E-state index < -0.39 is 0 Å². The molecule has 76 valence electrons. The smallest absolute Gasteiger partial charge is 0.149 e. The highest BCUT2D eigenvalue weighted by atomic mass is 32.2. The van der Waals surface area contributed by atoms with E-state index in [-0.39, 0.29) is 0 Å². The van der Waals surface area contributed by atoms with Crippen molar-refractivity contribution in [3.05, 3.63) is 18.3 Å². The molecule has 1 saturated heterocycles. The molecule has 2 atom stereocenters. The van der Waals surface area contributed by atoms with Crippen molar-refractivity contribution in [2.45, 2.75) is 24.6 Å². The Labute approximate surface area is 88.5 Å². The first kappa shape index (κ1) is 9.65. The molecule has 0 saturated carbocycles. The van der Waals surface area contributed by atoms with Gasteiger partial charge in [0.2, 0.25) is 0 Å². The normalized spacial score (nSPS) is 26.4. The standard InChI is InChI=1S/C10H15N3S/c1-7-5-8(6-14-7)13-10-9(11)3-2-4-12-10/h2-4,7-8H,5-6,11H2,1H3,(H,12,13). The molecule has 3 nitrogen and oxygen atoms in total. The number of nitrogen functional groups attached to an aromatic ring is 1. The molecule has 2 heterocycles. The van der Waals surface area contributed by atoms with Crippen LogP contribution in [-0.2, 0) is 0 Å². The molecule has 3 N–H and O–H groups in total. The van der Waals surface area contributed by atoms with Crippen LogP contribution in [0.1, 0.15) is 13.3 Å². The Bertz CT molecular complexity index is 316. The minimum atomic E-state index is 0.521. The molecule has 1 aliphatic heterocycles. The fraction of sp³-hybridized carbons (Fsp3) is 0.500. The highest BCUT2D eigenvalue weighted by molar-refractivity contribution is 8.00. The van der Waals surface area contributed by atoms with E-state index in [2.05, 4.69) is 17.2 Å². The third-order valence-electron chi connectivity index (χ3n) is 2.38. The third-order valence-corrected chi connectivity index (χ3v) is 3.73. The Morgan fingerprint density at radius 1 is 1.64 bits per heavy atom. The van der Waals surface area contributed by atoms with Crippen LogP contribution in [0.3, 0.4) is 0 Å². The molecule has 2 unspecified atom stereocenters. The monoisotopic (exact) mass is 209 g/mol. The Kier molecular flexibility index (Phi) is 2.82. The highest BCUT2D eigenvalue weighted by Crippen LogP contribution is 2.28. The number of thioether (sulfide) groups is 1. The van der Waals surface area contributed by atoms with Gasteiger partial charge in [0.05, 0.1) is 5.69 Å². The zero-order valence-corrected chi connectivity index (χ0v) is 9.05. The zero-order chi connectivity index (χ0) is 9.97. The fourth-order valence-electron chi connectivity index (χ4n) is 1.65. The molecule has 0 amide bonds. The molecule has 0 aliphatic carbocycles. The fourth-order valence-corrected chi connectivity index (χ4v) is 2.80. The number of nitrogens with two attached hydrogens (primary N) is 1. The minimum Gasteiger partial charge on any atom is -0.396 e. The van der Waals surface area contributed by atoms with E-state index in [0.29, 0.717) is 6.04 Å². The van der Waals surface area contributed by atoms with Gasteiger partial charge < -0.3 is 11.1 Å². The van der Waals surface area contributed by atoms with Gasteiger partial charge in [-0.3, -0.25) is 0 Å². The first-order valence-electron chi connectivity index (χ1n) is 4.84. The minimum absolute atomic E-state index is 0.521. The lowest BCUT2D eigenvalue weighted by atomic mass is 10.2. The molecular weight excluding hydrogens is 194 g/mol. The van der Waals surface area contributed by atoms with Gasteiger partial charge in [-0.15, -0.1) is 0 Å². The summed E-state index contributed by atoms with van der Waals surface area (Å²) in [5, 5.41) is 4.13. The van der Waals surface area contributed by atoms with E-state index in [1.165, 1.54) is 6.42 Å². The van der Waals surface area contributed by atoms with Crippen LogP contribution in [0.25, 0.3) is 0 Å². The van der Waals surface area contributed by atoms with Crippen molar-refractivity contribution in [1.29, 1.82) is 0 Å². The number of anilines is 2. The summed E-state index contributed by atoms with van der Waals surface area (Å²) in [6.45, 7) is 2.26. The predicted octanol–water partition coefficient (Wildman–Crippen LogP) is 1.97. The summed E-state index contributed by atoms with van der Waals surface area (Å²) in [4.78, 5) is 4.22. The van der Waals surface area contributed by atoms with Gasteiger partial charge in [0.25, 0.3) is 0 Å². The Morgan fingerprint density at radius 2 is 2.50 bits per heavy atom. The van der Waals surface area contributed by atoms with E-state index in [0.717, 1.165) is 22.5 Å². The molecule has 2 rings (SSSR count). The van der Waals surface area contributed by atoms with Crippen molar-refractivity contribution in [2.24, 2.45) is 0 Å². The van der Waals surface area contributed by atoms with Crippen LogP contribution in [-0.4, -0.2) is 22.0 Å². The molecule has 0 spiro atoms. The number of hydrogen-bond acceptors (Lipinski definition) is 4. The Hall–Kier alpha value is -0.900. The second-order valence-corrected chi connectivity index (χ2v) is 5.13. The molecule has 1 aliphatic rings. The first-order chi connectivity index (χ1) is 6.75. The van der Waals surface area contributed by atoms with E-state index in [4.69, 9.17) is 5.73 Å². The number of nitrogens with one attached hydrogen (secondary N) is 1. The van der Waals surface area contributed by atoms with Gasteiger partial charge in [-0.1, -0.05) is 6.92 Å². The maximum atomic E-state index is 5.80. The Balaban J connectivity index is 2.01. The second-order valence-electron chi connectivity index (χ2n) is 3.66. The average Bonchev–Trinajstić information content (AvgIpc) is 2.56. The third kappa shape index (κ3) is 2.12. The molecule has 4 heteroatoms. The van der Waals surface area contributed by atoms with Gasteiger partial charge in [-0.25, -0.2) is 4.98 Å². The van der Waals surface area contributed by atoms with E-state index in [9.17, 15) is 0 Å². The van der Waals surface area contributed by atoms with Crippen LogP contribution in [0.2, 0.25) is 0 Å². The molecule has 14 heavy (non-hydrogen) atoms. The lowest BCUT2D eigenvalue weighted by Gasteiger charge is -2.13. The number of aromatic nitrogens is 1. The predicted molar refractivity (Wildman–Crippen MR) is 62.6 cm³/mol. The number of hydrogen-bond donors (Lipinski definition) is 2. The maximum absolute atomic E-state index is 5.80. The van der Waals surface area contributed by atoms with Crippen LogP contribution >= 0.6 is 11.8 Å². The molecule has 0 bridgehead atoms. The molecule has 1 fully saturated rings. The largest absolute Gasteiger partial charge is 0.396 e. The molecule has 0 aromatic carbocycles. The zero-order valence-electron chi connectivity index (χ0n) is 8.23. The maximum Gasteiger partial charge on any atom is 0.149 e. The van der Waals surface area contributed by atoms with E-state index >= 15 is 0 Å². The second kappa shape index (κ2) is 4.09. The van der Waals surface area contributed by atoms with Crippen LogP contribution in [0.5, 0.6) is 0 Å². The van der Waals surface area contributed by atoms with Crippen molar-refractivity contribution in [2.75, 3.05) is 16.8 Å². The average molecular weight is 209 g/mol. The van der Waals surface area contributed by atoms with Crippen molar-refractivity contribution in [3.63, 3.8) is 0 Å². The summed E-state index contributed by atoms with van der Waals surface area (Å²) < 4.78 is 0. The summed E-state index contributed by atoms with van der Waals surface area (Å²) in [5.41, 5.74) is 6.53. The van der Waals surface area contributed by atoms with Crippen molar-refractivity contribution in [3.8, 4) is 0 Å². The van der Waals surface area contributed by atoms with Gasteiger partial charge >= 0.3 is 0 Å². The van der Waals surface area contributed by atoms with Gasteiger partial charge in [0, 0.05) is 23.2 Å². The van der Waals surface area contributed by atoms with E-state index in [1.54, 1.807) is 6.20 Å². The quantitative estimate of drug-likeness (QED) is 0.782. The SMILES string of the molecule is CC1CC(Nc2ncccc2N)CS1. The summed E-state index contributed by atoms with van der Waals surface area (Å²) in [6.07, 6.45) is 2.96. The van der Waals surface area contributed by atoms with Gasteiger partial charge in [-0.2, -0.15) is 11.8 Å². The summed E-state index contributed by atoms with van der Waals surface area (Å²) in [5.74, 6) is 1.98. The molecule has 1 aromatic rings. The van der Waals surface area contributed by atoms with Crippen LogP contribution in [0.15, 0.2) is 18.3 Å². The van der Waals surface area contributed by atoms with Gasteiger partial charge in [0.15, 0.2) is 0 Å². The van der Waals surface area contributed by atoms with Crippen molar-refractivity contribution in [1.82, 2.24) is 4.98 Å². The summed E-state index contributed by atoms with van der Waals surface area (Å²) in [6, 6.07) is 4.25. The van der Waals surface area contributed by atoms with Crippen molar-refractivity contribution >= 4 is 23.3 Å². The lowest BCUT2D eigenvalue weighted by Crippen LogP contribution is -2.20. The van der Waals surface area contributed by atoms with Gasteiger partial charge in [-0.05, 0) is 18.6 Å². The van der Waals surface area contributed by atoms with Crippen LogP contribution < -0.4 is 11.1 Å². The molecule has 0 radical (unpaired) electrons. The topological polar surface area (TPSA) is 50.9 Å². The first-order valence-corrected chi connectivity index (χ1v) is 5.89. The Morgan fingerprint density at radius 3 is 3.14 bits per heavy atom. The van der Waals surface area contributed by atoms with Crippen molar-refractivity contribution < 1.29 is 0 Å². The lowest BCUT2D eigenvalue weighted by molar-refractivity contribution is 0.744. The number of rotatable bonds is 2. The molecule has 1 aromatic heterocycles. The highest BCUT2D eigenvalue weighted by Gasteiger charge is 2.22. The summed E-state index contributed by atoms with van der Waals surface area (Å²) in [7, 11) is 0. The van der Waals surface area contributed by atoms with Gasteiger partial charge in [0.1, 0.15) is 5.82 Å². The molecular formula is C10H15N3S. The number of nitrogens with zero attached hydrogens (tertiary/aromatic N) is 1. The number of pyridine rings is 1.